The Labute approximate surface area is 151 Å². The molecule has 24 heavy (non-hydrogen) atoms. The Balaban J connectivity index is 0.000000245. The van der Waals surface area contributed by atoms with E-state index in [9.17, 15) is 0 Å². The summed E-state index contributed by atoms with van der Waals surface area (Å²) in [4.78, 5) is 4.48. The molecule has 3 aromatic carbocycles. The number of hydrogen-bond acceptors (Lipinski definition) is 1. The molecule has 0 unspecified atom stereocenters. The van der Waals surface area contributed by atoms with Crippen LogP contribution in [0.4, 0.5) is 0 Å². The zero-order valence-corrected chi connectivity index (χ0v) is 14.1. The average molecular weight is 352 g/mol. The predicted octanol–water partition coefficient (Wildman–Crippen LogP) is 5.28. The first-order chi connectivity index (χ1) is 11.4. The molecule has 0 atom stereocenters. The van der Waals surface area contributed by atoms with Crippen molar-refractivity contribution in [1.82, 2.24) is 9.38 Å². The summed E-state index contributed by atoms with van der Waals surface area (Å²) in [7, 11) is 0. The molecule has 0 saturated heterocycles. The molecule has 0 bridgehead atoms. The molecule has 0 N–H and O–H groups in total. The third kappa shape index (κ3) is 3.05. The van der Waals surface area contributed by atoms with Crippen molar-refractivity contribution in [2.24, 2.45) is 0 Å². The van der Waals surface area contributed by atoms with Crippen molar-refractivity contribution in [1.29, 1.82) is 0 Å². The van der Waals surface area contributed by atoms with Gasteiger partial charge in [0.05, 0.1) is 22.7 Å². The van der Waals surface area contributed by atoms with Crippen molar-refractivity contribution in [3.05, 3.63) is 97.2 Å². The molecular formula is C21H16FeN2. The minimum Gasteiger partial charge on any atom is -0.325 e. The normalized spacial score (nSPS) is 10.2. The Morgan fingerprint density at radius 1 is 0.833 bits per heavy atom. The first-order valence-corrected chi connectivity index (χ1v) is 7.67. The smallest absolute Gasteiger partial charge is 0.325 e. The number of para-hydroxylation sites is 2. The molecular weight excluding hydrogens is 336 g/mol. The maximum atomic E-state index is 4.48. The fraction of sp³-hybridized carbons (Fsp3) is 0. The van der Waals surface area contributed by atoms with E-state index in [2.05, 4.69) is 57.9 Å². The van der Waals surface area contributed by atoms with Crippen LogP contribution in [0.25, 0.3) is 27.8 Å². The van der Waals surface area contributed by atoms with Crippen LogP contribution in [-0.4, -0.2) is 9.38 Å². The van der Waals surface area contributed by atoms with Crippen molar-refractivity contribution in [2.45, 2.75) is 0 Å². The number of fused-ring (bicyclic) bond motifs is 3. The van der Waals surface area contributed by atoms with E-state index in [1.165, 1.54) is 11.3 Å². The molecule has 0 radical (unpaired) electrons. The van der Waals surface area contributed by atoms with Crippen molar-refractivity contribution in [3.63, 3.8) is 0 Å². The van der Waals surface area contributed by atoms with Gasteiger partial charge in [0, 0.05) is 0 Å². The summed E-state index contributed by atoms with van der Waals surface area (Å²) in [5, 5.41) is 0. The van der Waals surface area contributed by atoms with E-state index in [4.69, 9.17) is 0 Å². The average Bonchev–Trinajstić information content (AvgIpc) is 3.36. The van der Waals surface area contributed by atoms with E-state index in [-0.39, 0.29) is 17.1 Å². The summed E-state index contributed by atoms with van der Waals surface area (Å²) in [5.74, 6) is 0. The summed E-state index contributed by atoms with van der Waals surface area (Å²) < 4.78 is 2.26. The van der Waals surface area contributed by atoms with Gasteiger partial charge in [0.25, 0.3) is 0 Å². The summed E-state index contributed by atoms with van der Waals surface area (Å²) in [6.45, 7) is 0. The van der Waals surface area contributed by atoms with Crippen molar-refractivity contribution >= 4 is 16.6 Å². The van der Waals surface area contributed by atoms with E-state index >= 15 is 0 Å². The van der Waals surface area contributed by atoms with E-state index in [1.54, 1.807) is 0 Å². The van der Waals surface area contributed by atoms with Crippen LogP contribution < -0.4 is 0 Å². The molecule has 0 saturated carbocycles. The third-order valence-electron chi connectivity index (χ3n) is 3.88. The van der Waals surface area contributed by atoms with Crippen LogP contribution in [0.3, 0.4) is 0 Å². The van der Waals surface area contributed by atoms with Gasteiger partial charge in [-0.15, -0.1) is 18.2 Å². The van der Waals surface area contributed by atoms with E-state index in [1.807, 2.05) is 48.7 Å². The Hall–Kier alpha value is -2.61. The molecule has 2 heterocycles. The molecule has 2 aromatic heterocycles. The van der Waals surface area contributed by atoms with Gasteiger partial charge in [-0.25, -0.2) is 12.1 Å². The predicted molar refractivity (Wildman–Crippen MR) is 95.8 cm³/mol. The number of aromatic nitrogens is 2. The standard InChI is InChI=1S/C16H11N2.C5H5.Fe/c1-2-6-12(5-1)15-10-9-13-11-17-14-7-3-4-8-16(14)18(13)15;1-2-4-5-3-1;/h1-11H;1-5H;/q2*-1;+2. The molecule has 0 aliphatic carbocycles. The SMILES string of the molecule is [Fe+2].c1cc[cH-]c1.c1ccc2c(c1)ncc1ccc(-[c-]3cccc3)n12. The Morgan fingerprint density at radius 2 is 1.58 bits per heavy atom. The van der Waals surface area contributed by atoms with Crippen LogP contribution >= 0.6 is 0 Å². The summed E-state index contributed by atoms with van der Waals surface area (Å²) in [6, 6.07) is 30.9. The fourth-order valence-electron chi connectivity index (χ4n) is 2.81. The second kappa shape index (κ2) is 7.31. The molecule has 0 aliphatic rings. The number of benzene rings is 1. The molecule has 0 spiro atoms. The van der Waals surface area contributed by atoms with Gasteiger partial charge in [-0.3, -0.25) is 4.98 Å². The monoisotopic (exact) mass is 352 g/mol. The summed E-state index contributed by atoms with van der Waals surface area (Å²) in [5.41, 5.74) is 5.76. The molecule has 0 aliphatic heterocycles. The van der Waals surface area contributed by atoms with Crippen LogP contribution in [0.1, 0.15) is 0 Å². The van der Waals surface area contributed by atoms with Gasteiger partial charge in [0.1, 0.15) is 0 Å². The van der Waals surface area contributed by atoms with E-state index in [0.717, 1.165) is 16.6 Å². The topological polar surface area (TPSA) is 17.3 Å². The molecule has 0 amide bonds. The van der Waals surface area contributed by atoms with Crippen molar-refractivity contribution in [3.8, 4) is 11.3 Å². The summed E-state index contributed by atoms with van der Waals surface area (Å²) >= 11 is 0. The second-order valence-corrected chi connectivity index (χ2v) is 5.36. The minimum atomic E-state index is 0. The van der Waals surface area contributed by atoms with Gasteiger partial charge in [-0.1, -0.05) is 23.8 Å². The first-order valence-electron chi connectivity index (χ1n) is 7.67. The largest absolute Gasteiger partial charge is 2.00 e. The number of nitrogens with zero attached hydrogens (tertiary/aromatic N) is 2. The summed E-state index contributed by atoms with van der Waals surface area (Å²) in [6.07, 6.45) is 1.93. The second-order valence-electron chi connectivity index (χ2n) is 5.36. The van der Waals surface area contributed by atoms with Crippen LogP contribution in [0.5, 0.6) is 0 Å². The molecule has 5 aromatic rings. The zero-order valence-electron chi connectivity index (χ0n) is 13.0. The minimum absolute atomic E-state index is 0. The molecule has 5 rings (SSSR count). The van der Waals surface area contributed by atoms with Crippen molar-refractivity contribution in [2.75, 3.05) is 0 Å². The molecule has 118 valence electrons. The third-order valence-corrected chi connectivity index (χ3v) is 3.88. The van der Waals surface area contributed by atoms with Gasteiger partial charge in [0.2, 0.25) is 0 Å². The molecule has 2 nitrogen and oxygen atoms in total. The van der Waals surface area contributed by atoms with Crippen LogP contribution in [0.2, 0.25) is 0 Å². The fourth-order valence-corrected chi connectivity index (χ4v) is 2.81. The number of rotatable bonds is 1. The quantitative estimate of drug-likeness (QED) is 0.296. The van der Waals surface area contributed by atoms with Gasteiger partial charge in [-0.2, -0.15) is 30.3 Å². The van der Waals surface area contributed by atoms with E-state index in [0.29, 0.717) is 0 Å². The number of hydrogen-bond donors (Lipinski definition) is 0. The van der Waals surface area contributed by atoms with Crippen LogP contribution in [0, 0.1) is 0 Å². The van der Waals surface area contributed by atoms with Gasteiger partial charge >= 0.3 is 17.1 Å². The maximum absolute atomic E-state index is 4.48. The van der Waals surface area contributed by atoms with E-state index < -0.39 is 0 Å². The molecule has 0 fully saturated rings. The van der Waals surface area contributed by atoms with Crippen LogP contribution in [-0.2, 0) is 17.1 Å². The Kier molecular flexibility index (Phi) is 4.95. The maximum Gasteiger partial charge on any atom is 2.00 e. The van der Waals surface area contributed by atoms with Gasteiger partial charge in [0.15, 0.2) is 0 Å². The van der Waals surface area contributed by atoms with Crippen LogP contribution in [0.15, 0.2) is 97.2 Å². The first kappa shape index (κ1) is 16.3. The van der Waals surface area contributed by atoms with Gasteiger partial charge < -0.3 is 4.40 Å². The molecule has 3 heteroatoms. The van der Waals surface area contributed by atoms with Crippen molar-refractivity contribution < 1.29 is 17.1 Å². The van der Waals surface area contributed by atoms with Gasteiger partial charge in [-0.05, 0) is 17.8 Å². The Morgan fingerprint density at radius 3 is 2.29 bits per heavy atom. The Bertz CT molecular complexity index is 992. The zero-order chi connectivity index (χ0) is 15.5.